The number of aliphatic hydroxyl groups excluding tert-OH is 1. The highest BCUT2D eigenvalue weighted by molar-refractivity contribution is 9.10. The van der Waals surface area contributed by atoms with E-state index >= 15 is 0 Å². The third-order valence-corrected chi connectivity index (χ3v) is 3.76. The highest BCUT2D eigenvalue weighted by atomic mass is 79.9. The van der Waals surface area contributed by atoms with Gasteiger partial charge in [0, 0.05) is 10.8 Å². The van der Waals surface area contributed by atoms with Crippen LogP contribution in [0.3, 0.4) is 0 Å². The highest BCUT2D eigenvalue weighted by Crippen LogP contribution is 2.33. The Bertz CT molecular complexity index is 278. The first-order valence-corrected chi connectivity index (χ1v) is 5.21. The number of aliphatic hydroxyl groups is 1. The zero-order valence-corrected chi connectivity index (χ0v) is 8.64. The molecule has 2 atom stereocenters. The number of hydrogen-bond acceptors (Lipinski definition) is 4. The lowest BCUT2D eigenvalue weighted by molar-refractivity contribution is 0.125. The van der Waals surface area contributed by atoms with E-state index in [9.17, 15) is 5.11 Å². The molecule has 1 fully saturated rings. The maximum absolute atomic E-state index is 9.52. The summed E-state index contributed by atoms with van der Waals surface area (Å²) >= 11 is 4.80. The second-order valence-electron chi connectivity index (χ2n) is 2.75. The second-order valence-corrected chi connectivity index (χ2v) is 4.44. The first kappa shape index (κ1) is 8.62. The van der Waals surface area contributed by atoms with Crippen LogP contribution >= 0.6 is 27.5 Å². The number of rotatable bonds is 1. The van der Waals surface area contributed by atoms with Crippen LogP contribution in [0.2, 0.25) is 0 Å². The molecular weight excluding hydrogens is 242 g/mol. The summed E-state index contributed by atoms with van der Waals surface area (Å²) in [6.45, 7) is 1.04. The Morgan fingerprint density at radius 3 is 3.00 bits per heavy atom. The minimum atomic E-state index is -0.373. The third-order valence-electron chi connectivity index (χ3n) is 1.94. The minimum absolute atomic E-state index is 0.104. The van der Waals surface area contributed by atoms with Crippen LogP contribution in [0.5, 0.6) is 0 Å². The third kappa shape index (κ3) is 1.42. The van der Waals surface area contributed by atoms with Gasteiger partial charge in [0.2, 0.25) is 0 Å². The molecule has 0 bridgehead atoms. The minimum Gasteiger partial charge on any atom is -0.390 e. The van der Waals surface area contributed by atoms with Crippen LogP contribution in [0.1, 0.15) is 10.8 Å². The zero-order valence-electron chi connectivity index (χ0n) is 6.24. The van der Waals surface area contributed by atoms with Crippen molar-refractivity contribution in [3.63, 3.8) is 0 Å². The van der Waals surface area contributed by atoms with E-state index in [0.29, 0.717) is 13.2 Å². The van der Waals surface area contributed by atoms with Crippen molar-refractivity contribution >= 4 is 27.5 Å². The summed E-state index contributed by atoms with van der Waals surface area (Å²) < 4.78 is 10.2. The number of ether oxygens (including phenoxy) is 1. The van der Waals surface area contributed by atoms with Gasteiger partial charge < -0.3 is 9.84 Å². The van der Waals surface area contributed by atoms with Crippen molar-refractivity contribution in [1.29, 1.82) is 0 Å². The van der Waals surface area contributed by atoms with E-state index in [4.69, 9.17) is 4.74 Å². The Balaban J connectivity index is 2.24. The van der Waals surface area contributed by atoms with Gasteiger partial charge in [0.1, 0.15) is 0 Å². The molecular formula is C7H8BrNO2S. The molecule has 0 radical (unpaired) electrons. The molecule has 3 nitrogen and oxygen atoms in total. The lowest BCUT2D eigenvalue weighted by atomic mass is 10.1. The van der Waals surface area contributed by atoms with Gasteiger partial charge >= 0.3 is 0 Å². The van der Waals surface area contributed by atoms with Gasteiger partial charge in [-0.2, -0.15) is 4.37 Å². The summed E-state index contributed by atoms with van der Waals surface area (Å²) in [5.41, 5.74) is 0. The van der Waals surface area contributed by atoms with Crippen molar-refractivity contribution in [3.8, 4) is 0 Å². The second kappa shape index (κ2) is 3.41. The fourth-order valence-electron chi connectivity index (χ4n) is 1.27. The summed E-state index contributed by atoms with van der Waals surface area (Å²) in [6.07, 6.45) is 1.38. The Hall–Kier alpha value is 0.0300. The van der Waals surface area contributed by atoms with Crippen molar-refractivity contribution in [2.24, 2.45) is 0 Å². The van der Waals surface area contributed by atoms with Gasteiger partial charge in [0.25, 0.3) is 0 Å². The SMILES string of the molecule is O[C@@H]1COC[C@H]1c1sncc1Br. The van der Waals surface area contributed by atoms with E-state index in [-0.39, 0.29) is 12.0 Å². The molecule has 2 rings (SSSR count). The topological polar surface area (TPSA) is 42.4 Å². The molecule has 0 amide bonds. The molecule has 0 aromatic carbocycles. The molecule has 0 spiro atoms. The normalized spacial score (nSPS) is 29.5. The van der Waals surface area contributed by atoms with Crippen LogP contribution in [-0.4, -0.2) is 28.8 Å². The van der Waals surface area contributed by atoms with Gasteiger partial charge in [-0.1, -0.05) is 0 Å². The molecule has 0 aliphatic carbocycles. The molecule has 1 aromatic rings. The first-order valence-electron chi connectivity index (χ1n) is 3.65. The van der Waals surface area contributed by atoms with E-state index in [1.54, 1.807) is 6.20 Å². The molecule has 12 heavy (non-hydrogen) atoms. The molecule has 1 N–H and O–H groups in total. The smallest absolute Gasteiger partial charge is 0.0873 e. The largest absolute Gasteiger partial charge is 0.390 e. The maximum Gasteiger partial charge on any atom is 0.0873 e. The van der Waals surface area contributed by atoms with Crippen LogP contribution in [-0.2, 0) is 4.74 Å². The van der Waals surface area contributed by atoms with E-state index in [1.165, 1.54) is 11.5 Å². The fourth-order valence-corrected chi connectivity index (χ4v) is 2.80. The van der Waals surface area contributed by atoms with E-state index in [0.717, 1.165) is 9.35 Å². The maximum atomic E-state index is 9.52. The molecule has 0 saturated carbocycles. The summed E-state index contributed by atoms with van der Waals surface area (Å²) in [5.74, 6) is 0.104. The lowest BCUT2D eigenvalue weighted by Gasteiger charge is -2.09. The van der Waals surface area contributed by atoms with Gasteiger partial charge in [-0.05, 0) is 27.5 Å². The van der Waals surface area contributed by atoms with Crippen LogP contribution in [0.4, 0.5) is 0 Å². The number of hydrogen-bond donors (Lipinski definition) is 1. The average Bonchev–Trinajstić information content (AvgIpc) is 2.59. The van der Waals surface area contributed by atoms with Crippen molar-refractivity contribution in [2.45, 2.75) is 12.0 Å². The lowest BCUT2D eigenvalue weighted by Crippen LogP contribution is -2.14. The monoisotopic (exact) mass is 249 g/mol. The molecule has 1 aliphatic heterocycles. The number of nitrogens with zero attached hydrogens (tertiary/aromatic N) is 1. The Morgan fingerprint density at radius 1 is 1.67 bits per heavy atom. The first-order chi connectivity index (χ1) is 5.79. The highest BCUT2D eigenvalue weighted by Gasteiger charge is 2.30. The quantitative estimate of drug-likeness (QED) is 0.818. The van der Waals surface area contributed by atoms with Gasteiger partial charge in [0.15, 0.2) is 0 Å². The molecule has 1 aromatic heterocycles. The predicted molar refractivity (Wildman–Crippen MR) is 49.4 cm³/mol. The zero-order chi connectivity index (χ0) is 8.55. The van der Waals surface area contributed by atoms with Gasteiger partial charge in [0.05, 0.1) is 30.0 Å². The van der Waals surface area contributed by atoms with E-state index < -0.39 is 0 Å². The van der Waals surface area contributed by atoms with Crippen LogP contribution in [0.25, 0.3) is 0 Å². The predicted octanol–water partition coefficient (Wildman–Crippen LogP) is 1.38. The molecule has 2 heterocycles. The Kier molecular flexibility index (Phi) is 2.45. The van der Waals surface area contributed by atoms with Crippen LogP contribution in [0, 0.1) is 0 Å². The van der Waals surface area contributed by atoms with Crippen molar-refractivity contribution in [3.05, 3.63) is 15.5 Å². The Labute approximate surface area is 82.7 Å². The van der Waals surface area contributed by atoms with Gasteiger partial charge in [-0.25, -0.2) is 0 Å². The van der Waals surface area contributed by atoms with Gasteiger partial charge in [-0.3, -0.25) is 0 Å². The summed E-state index contributed by atoms with van der Waals surface area (Å²) in [6, 6.07) is 0. The molecule has 0 unspecified atom stereocenters. The van der Waals surface area contributed by atoms with Gasteiger partial charge in [-0.15, -0.1) is 0 Å². The summed E-state index contributed by atoms with van der Waals surface area (Å²) in [7, 11) is 0. The molecule has 1 saturated heterocycles. The van der Waals surface area contributed by atoms with Crippen molar-refractivity contribution in [2.75, 3.05) is 13.2 Å². The molecule has 1 aliphatic rings. The standard InChI is InChI=1S/C7H8BrNO2S/c8-5-1-9-12-7(5)4-2-11-3-6(4)10/h1,4,6,10H,2-3H2/t4-,6-/m1/s1. The number of halogens is 1. The number of aromatic nitrogens is 1. The average molecular weight is 250 g/mol. The van der Waals surface area contributed by atoms with Crippen molar-refractivity contribution < 1.29 is 9.84 Å². The van der Waals surface area contributed by atoms with Crippen LogP contribution < -0.4 is 0 Å². The summed E-state index contributed by atoms with van der Waals surface area (Å²) in [4.78, 5) is 1.08. The molecule has 5 heteroatoms. The van der Waals surface area contributed by atoms with E-state index in [1.807, 2.05) is 0 Å². The fraction of sp³-hybridized carbons (Fsp3) is 0.571. The molecule has 66 valence electrons. The Morgan fingerprint density at radius 2 is 2.50 bits per heavy atom. The summed E-state index contributed by atoms with van der Waals surface area (Å²) in [5, 5.41) is 9.52. The van der Waals surface area contributed by atoms with Crippen molar-refractivity contribution in [1.82, 2.24) is 4.37 Å². The van der Waals surface area contributed by atoms with E-state index in [2.05, 4.69) is 20.3 Å². The van der Waals surface area contributed by atoms with Crippen LogP contribution in [0.15, 0.2) is 10.7 Å².